The minimum Gasteiger partial charge on any atom is -0.354 e. The van der Waals surface area contributed by atoms with Crippen molar-refractivity contribution < 1.29 is 18.0 Å². The lowest BCUT2D eigenvalue weighted by Gasteiger charge is -2.34. The summed E-state index contributed by atoms with van der Waals surface area (Å²) < 4.78 is 29.1. The first-order valence-electron chi connectivity index (χ1n) is 12.7. The molecule has 2 aromatic rings. The van der Waals surface area contributed by atoms with Crippen LogP contribution in [0.5, 0.6) is 0 Å². The first-order valence-corrected chi connectivity index (χ1v) is 14.1. The van der Waals surface area contributed by atoms with Crippen LogP contribution in [0.4, 0.5) is 5.69 Å². The molecule has 0 aliphatic carbocycles. The van der Waals surface area contributed by atoms with Crippen LogP contribution in [0.25, 0.3) is 0 Å². The molecule has 1 N–H and O–H groups in total. The molecule has 2 rings (SSSR count). The molecule has 0 aliphatic heterocycles. The third kappa shape index (κ3) is 8.04. The molecule has 0 aromatic heterocycles. The highest BCUT2D eigenvalue weighted by Crippen LogP contribution is 2.26. The van der Waals surface area contributed by atoms with E-state index in [1.165, 1.54) is 19.0 Å². The number of benzene rings is 2. The molecule has 0 saturated heterocycles. The number of carbonyl (C=O) groups is 2. The van der Waals surface area contributed by atoms with Crippen molar-refractivity contribution in [1.82, 2.24) is 14.5 Å². The first-order chi connectivity index (χ1) is 17.3. The number of carbonyl (C=O) groups excluding carboxylic acids is 2. The van der Waals surface area contributed by atoms with Crippen LogP contribution in [0, 0.1) is 26.7 Å². The van der Waals surface area contributed by atoms with Gasteiger partial charge in [-0.25, -0.2) is 4.31 Å². The van der Waals surface area contributed by atoms with Gasteiger partial charge in [0.15, 0.2) is 0 Å². The van der Waals surface area contributed by atoms with Gasteiger partial charge in [-0.15, -0.1) is 0 Å². The molecule has 9 heteroatoms. The molecule has 37 heavy (non-hydrogen) atoms. The summed E-state index contributed by atoms with van der Waals surface area (Å²) in [5.41, 5.74) is 3.96. The monoisotopic (exact) mass is 530 g/mol. The lowest BCUT2D eigenvalue weighted by Crippen LogP contribution is -2.53. The molecule has 204 valence electrons. The maximum absolute atomic E-state index is 13.9. The smallest absolute Gasteiger partial charge is 0.304 e. The van der Waals surface area contributed by atoms with E-state index in [9.17, 15) is 18.0 Å². The molecule has 0 bridgehead atoms. The number of anilines is 1. The Hall–Kier alpha value is -2.91. The molecule has 0 unspecified atom stereocenters. The number of nitrogens with one attached hydrogen (secondary N) is 1. The van der Waals surface area contributed by atoms with E-state index in [1.807, 2.05) is 77.9 Å². The predicted octanol–water partition coefficient (Wildman–Crippen LogP) is 3.80. The maximum atomic E-state index is 13.9. The molecule has 0 heterocycles. The molecule has 8 nitrogen and oxygen atoms in total. The highest BCUT2D eigenvalue weighted by Gasteiger charge is 2.34. The van der Waals surface area contributed by atoms with Crippen molar-refractivity contribution in [3.05, 3.63) is 64.7 Å². The highest BCUT2D eigenvalue weighted by atomic mass is 32.2. The largest absolute Gasteiger partial charge is 0.354 e. The van der Waals surface area contributed by atoms with Gasteiger partial charge in [-0.1, -0.05) is 62.7 Å². The van der Waals surface area contributed by atoms with Gasteiger partial charge in [0.2, 0.25) is 11.8 Å². The van der Waals surface area contributed by atoms with Crippen LogP contribution >= 0.6 is 0 Å². The van der Waals surface area contributed by atoms with Gasteiger partial charge in [0.05, 0.1) is 5.69 Å². The van der Waals surface area contributed by atoms with E-state index in [4.69, 9.17) is 0 Å². The number of amides is 2. The van der Waals surface area contributed by atoms with Crippen molar-refractivity contribution in [2.75, 3.05) is 31.5 Å². The van der Waals surface area contributed by atoms with Crippen LogP contribution < -0.4 is 9.62 Å². The van der Waals surface area contributed by atoms with Gasteiger partial charge in [0.1, 0.15) is 12.6 Å². The van der Waals surface area contributed by atoms with Gasteiger partial charge >= 0.3 is 10.2 Å². The van der Waals surface area contributed by atoms with E-state index in [-0.39, 0.29) is 18.4 Å². The van der Waals surface area contributed by atoms with Crippen LogP contribution in [-0.2, 0) is 26.3 Å². The number of hydrogen-bond acceptors (Lipinski definition) is 4. The zero-order chi connectivity index (χ0) is 27.9. The SMILES string of the molecule is CC[C@H](C(=O)NCC(C)C)N(Cc1cccc(C)c1)C(=O)CN(c1cc(C)ccc1C)S(=O)(=O)N(C)C. The Bertz CT molecular complexity index is 1190. The molecule has 2 amide bonds. The van der Waals surface area contributed by atoms with Crippen molar-refractivity contribution in [3.63, 3.8) is 0 Å². The number of rotatable bonds is 12. The first kappa shape index (κ1) is 30.3. The number of nitrogens with zero attached hydrogens (tertiary/aromatic N) is 3. The van der Waals surface area contributed by atoms with Crippen LogP contribution in [0.3, 0.4) is 0 Å². The van der Waals surface area contributed by atoms with Crippen molar-refractivity contribution in [2.24, 2.45) is 5.92 Å². The number of hydrogen-bond donors (Lipinski definition) is 1. The van der Waals surface area contributed by atoms with E-state index in [1.54, 1.807) is 6.07 Å². The molecule has 0 aliphatic rings. The summed E-state index contributed by atoms with van der Waals surface area (Å²) in [4.78, 5) is 28.7. The molecular formula is C28H42N4O4S. The molecule has 0 saturated carbocycles. The highest BCUT2D eigenvalue weighted by molar-refractivity contribution is 7.90. The molecular weight excluding hydrogens is 488 g/mol. The Morgan fingerprint density at radius 3 is 2.19 bits per heavy atom. The van der Waals surface area contributed by atoms with Gasteiger partial charge in [0.25, 0.3) is 0 Å². The van der Waals surface area contributed by atoms with E-state index in [0.29, 0.717) is 18.7 Å². The van der Waals surface area contributed by atoms with Gasteiger partial charge in [0, 0.05) is 27.2 Å². The summed E-state index contributed by atoms with van der Waals surface area (Å²) in [6.45, 7) is 11.8. The topological polar surface area (TPSA) is 90.0 Å². The average molecular weight is 531 g/mol. The predicted molar refractivity (Wildman–Crippen MR) is 150 cm³/mol. The summed E-state index contributed by atoms with van der Waals surface area (Å²) in [5.74, 6) is -0.433. The van der Waals surface area contributed by atoms with Gasteiger partial charge in [-0.3, -0.25) is 9.59 Å². The average Bonchev–Trinajstić information content (AvgIpc) is 2.82. The Kier molecular flexibility index (Phi) is 10.7. The second kappa shape index (κ2) is 13.1. The molecule has 1 atom stereocenters. The zero-order valence-electron chi connectivity index (χ0n) is 23.4. The fourth-order valence-electron chi connectivity index (χ4n) is 4.04. The zero-order valence-corrected chi connectivity index (χ0v) is 24.2. The molecule has 0 radical (unpaired) electrons. The fourth-order valence-corrected chi connectivity index (χ4v) is 5.15. The minimum absolute atomic E-state index is 0.191. The van der Waals surface area contributed by atoms with Crippen LogP contribution in [0.2, 0.25) is 0 Å². The maximum Gasteiger partial charge on any atom is 0.304 e. The molecule has 2 aromatic carbocycles. The summed E-state index contributed by atoms with van der Waals surface area (Å²) in [6, 6.07) is 12.5. The Labute approximate surface area is 222 Å². The standard InChI is InChI=1S/C28H42N4O4S/c1-9-25(28(34)29-17-20(2)3)31(18-24-12-10-11-21(4)15-24)27(33)19-32(37(35,36)30(7)8)26-16-22(5)13-14-23(26)6/h10-16,20,25H,9,17-19H2,1-8H3,(H,29,34)/t25-/m1/s1. The Balaban J connectivity index is 2.54. The summed E-state index contributed by atoms with van der Waals surface area (Å²) >= 11 is 0. The van der Waals surface area contributed by atoms with E-state index >= 15 is 0 Å². The third-order valence-electron chi connectivity index (χ3n) is 6.16. The second-order valence-electron chi connectivity index (χ2n) is 10.2. The van der Waals surface area contributed by atoms with Crippen molar-refractivity contribution in [2.45, 2.75) is 60.5 Å². The Morgan fingerprint density at radius 2 is 1.62 bits per heavy atom. The lowest BCUT2D eigenvalue weighted by atomic mass is 10.1. The van der Waals surface area contributed by atoms with E-state index in [0.717, 1.165) is 30.9 Å². The normalized spacial score (nSPS) is 12.5. The van der Waals surface area contributed by atoms with Gasteiger partial charge in [-0.2, -0.15) is 12.7 Å². The van der Waals surface area contributed by atoms with Gasteiger partial charge in [-0.05, 0) is 55.9 Å². The second-order valence-corrected chi connectivity index (χ2v) is 12.2. The Morgan fingerprint density at radius 1 is 0.973 bits per heavy atom. The van der Waals surface area contributed by atoms with Crippen molar-refractivity contribution >= 4 is 27.7 Å². The van der Waals surface area contributed by atoms with E-state index in [2.05, 4.69) is 5.32 Å². The van der Waals surface area contributed by atoms with Crippen LogP contribution in [0.1, 0.15) is 49.4 Å². The minimum atomic E-state index is -3.99. The lowest BCUT2D eigenvalue weighted by molar-refractivity contribution is -0.140. The van der Waals surface area contributed by atoms with Crippen LogP contribution in [-0.4, -0.2) is 62.7 Å². The third-order valence-corrected chi connectivity index (χ3v) is 7.96. The number of aryl methyl sites for hydroxylation is 3. The van der Waals surface area contributed by atoms with Crippen LogP contribution in [0.15, 0.2) is 42.5 Å². The summed E-state index contributed by atoms with van der Waals surface area (Å²) in [7, 11) is -1.11. The fraction of sp³-hybridized carbons (Fsp3) is 0.500. The van der Waals surface area contributed by atoms with Crippen molar-refractivity contribution in [3.8, 4) is 0 Å². The van der Waals surface area contributed by atoms with Crippen molar-refractivity contribution in [1.29, 1.82) is 0 Å². The quantitative estimate of drug-likeness (QED) is 0.452. The van der Waals surface area contributed by atoms with E-state index < -0.39 is 28.7 Å². The summed E-state index contributed by atoms with van der Waals surface area (Å²) in [6.07, 6.45) is 0.394. The molecule has 0 spiro atoms. The molecule has 0 fully saturated rings. The van der Waals surface area contributed by atoms with Gasteiger partial charge < -0.3 is 10.2 Å². The summed E-state index contributed by atoms with van der Waals surface area (Å²) in [5, 5.41) is 2.94.